The van der Waals surface area contributed by atoms with E-state index in [4.69, 9.17) is 0 Å². The van der Waals surface area contributed by atoms with Crippen molar-refractivity contribution in [2.24, 2.45) is 0 Å². The van der Waals surface area contributed by atoms with Gasteiger partial charge in [-0.3, -0.25) is 0 Å². The summed E-state index contributed by atoms with van der Waals surface area (Å²) in [5.74, 6) is 0. The van der Waals surface area contributed by atoms with Crippen LogP contribution in [0.5, 0.6) is 0 Å². The number of hydrogen-bond donors (Lipinski definition) is 1. The van der Waals surface area contributed by atoms with Gasteiger partial charge in [0.25, 0.3) is 0 Å². The van der Waals surface area contributed by atoms with Crippen molar-refractivity contribution in [1.29, 1.82) is 0 Å². The van der Waals surface area contributed by atoms with Gasteiger partial charge in [0, 0.05) is 17.1 Å². The third kappa shape index (κ3) is 3.09. The third-order valence-corrected chi connectivity index (χ3v) is 5.07. The largest absolute Gasteiger partial charge is 0.357 e. The number of aromatic nitrogens is 1. The Kier molecular flexibility index (Phi) is 4.05. The molecule has 1 aliphatic rings. The summed E-state index contributed by atoms with van der Waals surface area (Å²) in [5, 5.41) is 4.66. The topological polar surface area (TPSA) is 28.2 Å². The first-order valence-corrected chi connectivity index (χ1v) is 8.40. The molecule has 2 heterocycles. The van der Waals surface area contributed by atoms with E-state index in [0.717, 1.165) is 28.2 Å². The molecule has 1 aromatic heterocycles. The molecule has 3 nitrogen and oxygen atoms in total. The van der Waals surface area contributed by atoms with Crippen LogP contribution in [-0.4, -0.2) is 35.6 Å². The number of anilines is 1. The summed E-state index contributed by atoms with van der Waals surface area (Å²) >= 11 is 5.25. The molecule has 1 saturated heterocycles. The lowest BCUT2D eigenvalue weighted by atomic mass is 10.1. The van der Waals surface area contributed by atoms with Crippen LogP contribution in [0.4, 0.5) is 5.13 Å². The van der Waals surface area contributed by atoms with Crippen LogP contribution in [0.15, 0.2) is 22.7 Å². The van der Waals surface area contributed by atoms with Crippen molar-refractivity contribution in [3.05, 3.63) is 22.7 Å². The maximum atomic E-state index is 4.67. The highest BCUT2D eigenvalue weighted by Gasteiger charge is 2.19. The third-order valence-electron chi connectivity index (χ3n) is 3.63. The van der Waals surface area contributed by atoms with Gasteiger partial charge in [-0.2, -0.15) is 0 Å². The van der Waals surface area contributed by atoms with E-state index < -0.39 is 0 Å². The fraction of sp³-hybridized carbons (Fsp3) is 0.500. The monoisotopic (exact) mass is 339 g/mol. The quantitative estimate of drug-likeness (QED) is 0.917. The summed E-state index contributed by atoms with van der Waals surface area (Å²) in [6.07, 6.45) is 2.53. The molecule has 102 valence electrons. The lowest BCUT2D eigenvalue weighted by molar-refractivity contribution is 0.227. The second-order valence-electron chi connectivity index (χ2n) is 5.01. The van der Waals surface area contributed by atoms with Crippen LogP contribution in [0, 0.1) is 0 Å². The Morgan fingerprint density at radius 3 is 3.26 bits per heavy atom. The van der Waals surface area contributed by atoms with Crippen molar-refractivity contribution >= 4 is 42.6 Å². The summed E-state index contributed by atoms with van der Waals surface area (Å²) in [4.78, 5) is 7.17. The number of fused-ring (bicyclic) bond motifs is 1. The Bertz CT molecular complexity index is 569. The SMILES string of the molecule is CCN1CCCC(Nc2nc3ccc(Br)cc3s2)C1. The minimum atomic E-state index is 0.540. The summed E-state index contributed by atoms with van der Waals surface area (Å²) in [7, 11) is 0. The van der Waals surface area contributed by atoms with E-state index in [9.17, 15) is 0 Å². The summed E-state index contributed by atoms with van der Waals surface area (Å²) < 4.78 is 2.35. The predicted octanol–water partition coefficient (Wildman–Crippen LogP) is 3.96. The van der Waals surface area contributed by atoms with Crippen LogP contribution in [0.1, 0.15) is 19.8 Å². The molecule has 5 heteroatoms. The first kappa shape index (κ1) is 13.3. The van der Waals surface area contributed by atoms with E-state index in [1.807, 2.05) is 6.07 Å². The van der Waals surface area contributed by atoms with Gasteiger partial charge in [0.15, 0.2) is 5.13 Å². The Hall–Kier alpha value is -0.650. The average molecular weight is 340 g/mol. The molecule has 0 aliphatic carbocycles. The number of thiazole rings is 1. The molecule has 0 bridgehead atoms. The Morgan fingerprint density at radius 2 is 2.42 bits per heavy atom. The molecule has 1 N–H and O–H groups in total. The smallest absolute Gasteiger partial charge is 0.184 e. The minimum absolute atomic E-state index is 0.540. The maximum Gasteiger partial charge on any atom is 0.184 e. The summed E-state index contributed by atoms with van der Waals surface area (Å²) in [6.45, 7) is 5.75. The number of nitrogens with one attached hydrogen (secondary N) is 1. The van der Waals surface area contributed by atoms with Crippen molar-refractivity contribution in [2.75, 3.05) is 25.0 Å². The number of likely N-dealkylation sites (N-methyl/N-ethyl adjacent to an activating group) is 1. The lowest BCUT2D eigenvalue weighted by Gasteiger charge is -2.32. The van der Waals surface area contributed by atoms with Gasteiger partial charge in [-0.15, -0.1) is 0 Å². The van der Waals surface area contributed by atoms with Crippen LogP contribution in [0.25, 0.3) is 10.2 Å². The Morgan fingerprint density at radius 1 is 1.53 bits per heavy atom. The van der Waals surface area contributed by atoms with Gasteiger partial charge < -0.3 is 10.2 Å². The second kappa shape index (κ2) is 5.77. The molecule has 0 saturated carbocycles. The van der Waals surface area contributed by atoms with E-state index in [0.29, 0.717) is 6.04 Å². The number of halogens is 1. The van der Waals surface area contributed by atoms with Crippen LogP contribution in [0.2, 0.25) is 0 Å². The highest BCUT2D eigenvalue weighted by molar-refractivity contribution is 9.10. The van der Waals surface area contributed by atoms with Gasteiger partial charge in [0.1, 0.15) is 0 Å². The molecule has 19 heavy (non-hydrogen) atoms. The molecule has 0 amide bonds. The zero-order chi connectivity index (χ0) is 13.2. The molecule has 1 unspecified atom stereocenters. The van der Waals surface area contributed by atoms with Gasteiger partial charge in [-0.05, 0) is 44.1 Å². The number of piperidine rings is 1. The molecule has 0 spiro atoms. The molecule has 1 aromatic carbocycles. The zero-order valence-electron chi connectivity index (χ0n) is 11.0. The predicted molar refractivity (Wildman–Crippen MR) is 86.1 cm³/mol. The second-order valence-corrected chi connectivity index (χ2v) is 6.95. The molecule has 1 aliphatic heterocycles. The molecule has 1 atom stereocenters. The van der Waals surface area contributed by atoms with Crippen molar-refractivity contribution in [3.8, 4) is 0 Å². The van der Waals surface area contributed by atoms with Crippen LogP contribution in [-0.2, 0) is 0 Å². The summed E-state index contributed by atoms with van der Waals surface area (Å²) in [6, 6.07) is 6.79. The van der Waals surface area contributed by atoms with Gasteiger partial charge in [0.05, 0.1) is 10.2 Å². The first-order valence-electron chi connectivity index (χ1n) is 6.79. The van der Waals surface area contributed by atoms with E-state index in [-0.39, 0.29) is 0 Å². The number of rotatable bonds is 3. The average Bonchev–Trinajstić information content (AvgIpc) is 2.80. The van der Waals surface area contributed by atoms with E-state index >= 15 is 0 Å². The van der Waals surface area contributed by atoms with Crippen LogP contribution >= 0.6 is 27.3 Å². The Balaban J connectivity index is 1.74. The van der Waals surface area contributed by atoms with Gasteiger partial charge >= 0.3 is 0 Å². The minimum Gasteiger partial charge on any atom is -0.357 e. The van der Waals surface area contributed by atoms with E-state index in [1.54, 1.807) is 11.3 Å². The highest BCUT2D eigenvalue weighted by atomic mass is 79.9. The number of hydrogen-bond acceptors (Lipinski definition) is 4. The van der Waals surface area contributed by atoms with Gasteiger partial charge in [-0.1, -0.05) is 34.2 Å². The fourth-order valence-corrected chi connectivity index (χ4v) is 4.09. The molecule has 0 radical (unpaired) electrons. The van der Waals surface area contributed by atoms with E-state index in [2.05, 4.69) is 50.2 Å². The van der Waals surface area contributed by atoms with Crippen molar-refractivity contribution < 1.29 is 0 Å². The van der Waals surface area contributed by atoms with Gasteiger partial charge in [-0.25, -0.2) is 4.98 Å². The van der Waals surface area contributed by atoms with Crippen molar-refractivity contribution in [3.63, 3.8) is 0 Å². The molecular weight excluding hydrogens is 322 g/mol. The Labute approximate surface area is 126 Å². The van der Waals surface area contributed by atoms with Crippen molar-refractivity contribution in [1.82, 2.24) is 9.88 Å². The number of benzene rings is 1. The number of nitrogens with zero attached hydrogens (tertiary/aromatic N) is 2. The molecule has 3 rings (SSSR count). The standard InChI is InChI=1S/C14H18BrN3S/c1-2-18-7-3-4-11(9-18)16-14-17-12-6-5-10(15)8-13(12)19-14/h5-6,8,11H,2-4,7,9H2,1H3,(H,16,17). The number of likely N-dealkylation sites (tertiary alicyclic amines) is 1. The first-order chi connectivity index (χ1) is 9.24. The molecular formula is C14H18BrN3S. The highest BCUT2D eigenvalue weighted by Crippen LogP contribution is 2.29. The summed E-state index contributed by atoms with van der Waals surface area (Å²) in [5.41, 5.74) is 1.08. The maximum absolute atomic E-state index is 4.67. The van der Waals surface area contributed by atoms with Crippen LogP contribution < -0.4 is 5.32 Å². The van der Waals surface area contributed by atoms with E-state index in [1.165, 1.54) is 24.1 Å². The zero-order valence-corrected chi connectivity index (χ0v) is 13.4. The van der Waals surface area contributed by atoms with Crippen molar-refractivity contribution in [2.45, 2.75) is 25.8 Å². The lowest BCUT2D eigenvalue weighted by Crippen LogP contribution is -2.41. The van der Waals surface area contributed by atoms with Crippen LogP contribution in [0.3, 0.4) is 0 Å². The molecule has 2 aromatic rings. The molecule has 1 fully saturated rings. The normalized spacial score (nSPS) is 20.8. The van der Waals surface area contributed by atoms with Gasteiger partial charge in [0.2, 0.25) is 0 Å². The fourth-order valence-electron chi connectivity index (χ4n) is 2.60.